The van der Waals surface area contributed by atoms with E-state index in [0.717, 1.165) is 12.4 Å². The summed E-state index contributed by atoms with van der Waals surface area (Å²) in [5.74, 6) is 1.19. The van der Waals surface area contributed by atoms with Gasteiger partial charge < -0.3 is 14.5 Å². The van der Waals surface area contributed by atoms with E-state index >= 15 is 0 Å². The van der Waals surface area contributed by atoms with Crippen LogP contribution in [0.2, 0.25) is 0 Å². The number of hydrogen-bond donors (Lipinski definition) is 0. The van der Waals surface area contributed by atoms with Crippen molar-refractivity contribution in [3.63, 3.8) is 0 Å². The van der Waals surface area contributed by atoms with E-state index in [2.05, 4.69) is 21.8 Å². The van der Waals surface area contributed by atoms with Crippen molar-refractivity contribution in [2.24, 2.45) is 11.8 Å². The standard InChI is InChI=1S/C15H19N5O2/c1-11-9-20(14-8-17-12(6-16)7-18-14)10-13(11)15(21)19-2-4-22-5-3-19/h7-8,11,13H,2-5,9-10H2,1H3/t11-,13-/m1/s1. The van der Waals surface area contributed by atoms with Crippen LogP contribution in [0.5, 0.6) is 0 Å². The Morgan fingerprint density at radius 3 is 2.73 bits per heavy atom. The maximum atomic E-state index is 12.7. The van der Waals surface area contributed by atoms with Gasteiger partial charge in [-0.05, 0) is 5.92 Å². The molecule has 0 bridgehead atoms. The van der Waals surface area contributed by atoms with Gasteiger partial charge in [-0.1, -0.05) is 6.92 Å². The van der Waals surface area contributed by atoms with Gasteiger partial charge in [-0.2, -0.15) is 5.26 Å². The molecule has 3 rings (SSSR count). The van der Waals surface area contributed by atoms with Crippen LogP contribution in [0.15, 0.2) is 12.4 Å². The molecule has 3 heterocycles. The second-order valence-corrected chi connectivity index (χ2v) is 5.80. The van der Waals surface area contributed by atoms with Gasteiger partial charge in [0.1, 0.15) is 11.9 Å². The van der Waals surface area contributed by atoms with Crippen molar-refractivity contribution >= 4 is 11.7 Å². The molecule has 0 aromatic carbocycles. The zero-order valence-electron chi connectivity index (χ0n) is 12.6. The third-order valence-corrected chi connectivity index (χ3v) is 4.33. The van der Waals surface area contributed by atoms with E-state index in [0.29, 0.717) is 38.5 Å². The minimum Gasteiger partial charge on any atom is -0.378 e. The number of aromatic nitrogens is 2. The Morgan fingerprint density at radius 1 is 1.32 bits per heavy atom. The largest absolute Gasteiger partial charge is 0.378 e. The third-order valence-electron chi connectivity index (χ3n) is 4.33. The average molecular weight is 301 g/mol. The van der Waals surface area contributed by atoms with Crippen molar-refractivity contribution in [2.75, 3.05) is 44.3 Å². The van der Waals surface area contributed by atoms with Crippen LogP contribution in [0.4, 0.5) is 5.82 Å². The van der Waals surface area contributed by atoms with E-state index in [4.69, 9.17) is 10.00 Å². The first kappa shape index (κ1) is 14.7. The molecule has 1 amide bonds. The Hall–Kier alpha value is -2.20. The minimum atomic E-state index is -0.0180. The molecule has 0 saturated carbocycles. The summed E-state index contributed by atoms with van der Waals surface area (Å²) in [4.78, 5) is 24.9. The molecule has 0 unspecified atom stereocenters. The second-order valence-electron chi connectivity index (χ2n) is 5.80. The smallest absolute Gasteiger partial charge is 0.227 e. The summed E-state index contributed by atoms with van der Waals surface area (Å²) in [6.07, 6.45) is 3.07. The van der Waals surface area contributed by atoms with Crippen LogP contribution >= 0.6 is 0 Å². The lowest BCUT2D eigenvalue weighted by molar-refractivity contribution is -0.140. The molecule has 0 N–H and O–H groups in total. The zero-order chi connectivity index (χ0) is 15.5. The lowest BCUT2D eigenvalue weighted by Gasteiger charge is -2.30. The highest BCUT2D eigenvalue weighted by Gasteiger charge is 2.38. The van der Waals surface area contributed by atoms with Crippen LogP contribution < -0.4 is 4.90 Å². The fraction of sp³-hybridized carbons (Fsp3) is 0.600. The first-order chi connectivity index (χ1) is 10.7. The molecule has 2 aliphatic heterocycles. The van der Waals surface area contributed by atoms with Crippen molar-refractivity contribution in [1.82, 2.24) is 14.9 Å². The van der Waals surface area contributed by atoms with Crippen LogP contribution in [0.25, 0.3) is 0 Å². The Kier molecular flexibility index (Phi) is 4.20. The maximum Gasteiger partial charge on any atom is 0.227 e. The molecular formula is C15H19N5O2. The van der Waals surface area contributed by atoms with Crippen LogP contribution in [0.3, 0.4) is 0 Å². The van der Waals surface area contributed by atoms with Crippen molar-refractivity contribution in [3.8, 4) is 6.07 Å². The number of anilines is 1. The van der Waals surface area contributed by atoms with Gasteiger partial charge in [0.25, 0.3) is 0 Å². The van der Waals surface area contributed by atoms with E-state index < -0.39 is 0 Å². The van der Waals surface area contributed by atoms with Crippen LogP contribution in [-0.4, -0.2) is 60.2 Å². The highest BCUT2D eigenvalue weighted by Crippen LogP contribution is 2.28. The summed E-state index contributed by atoms with van der Waals surface area (Å²) in [5, 5.41) is 8.77. The molecule has 0 spiro atoms. The molecule has 22 heavy (non-hydrogen) atoms. The molecule has 2 fully saturated rings. The Labute approximate surface area is 129 Å². The summed E-state index contributed by atoms with van der Waals surface area (Å²) in [6, 6.07) is 1.96. The number of ether oxygens (including phenoxy) is 1. The Balaban J connectivity index is 1.68. The summed E-state index contributed by atoms with van der Waals surface area (Å²) in [5.41, 5.74) is 0.303. The summed E-state index contributed by atoms with van der Waals surface area (Å²) < 4.78 is 5.30. The summed E-state index contributed by atoms with van der Waals surface area (Å²) in [6.45, 7) is 6.13. The Morgan fingerprint density at radius 2 is 2.09 bits per heavy atom. The highest BCUT2D eigenvalue weighted by molar-refractivity contribution is 5.80. The molecule has 0 aliphatic carbocycles. The van der Waals surface area contributed by atoms with Gasteiger partial charge in [-0.25, -0.2) is 9.97 Å². The molecule has 2 aliphatic rings. The van der Waals surface area contributed by atoms with Crippen LogP contribution in [0.1, 0.15) is 12.6 Å². The fourth-order valence-electron chi connectivity index (χ4n) is 3.04. The Bertz CT molecular complexity index is 577. The van der Waals surface area contributed by atoms with Gasteiger partial charge in [0.2, 0.25) is 5.91 Å². The van der Waals surface area contributed by atoms with Gasteiger partial charge in [-0.15, -0.1) is 0 Å². The molecule has 116 valence electrons. The molecule has 7 heteroatoms. The quantitative estimate of drug-likeness (QED) is 0.780. The van der Waals surface area contributed by atoms with Crippen LogP contribution in [-0.2, 0) is 9.53 Å². The maximum absolute atomic E-state index is 12.7. The number of morpholine rings is 1. The van der Waals surface area contributed by atoms with E-state index in [1.807, 2.05) is 11.0 Å². The predicted octanol–water partition coefficient (Wildman–Crippen LogP) is 0.279. The monoisotopic (exact) mass is 301 g/mol. The van der Waals surface area contributed by atoms with Crippen LogP contribution in [0, 0.1) is 23.2 Å². The van der Waals surface area contributed by atoms with Crippen molar-refractivity contribution in [3.05, 3.63) is 18.1 Å². The first-order valence-electron chi connectivity index (χ1n) is 7.52. The third kappa shape index (κ3) is 2.88. The van der Waals surface area contributed by atoms with E-state index in [9.17, 15) is 4.79 Å². The number of nitrogens with zero attached hydrogens (tertiary/aromatic N) is 5. The van der Waals surface area contributed by atoms with Gasteiger partial charge in [0.05, 0.1) is 31.5 Å². The molecule has 1 aromatic heterocycles. The molecule has 1 aromatic rings. The number of rotatable bonds is 2. The van der Waals surface area contributed by atoms with E-state index in [-0.39, 0.29) is 17.7 Å². The number of amides is 1. The number of hydrogen-bond acceptors (Lipinski definition) is 6. The molecule has 0 radical (unpaired) electrons. The zero-order valence-corrected chi connectivity index (χ0v) is 12.6. The van der Waals surface area contributed by atoms with Gasteiger partial charge in [0, 0.05) is 26.2 Å². The molecule has 2 saturated heterocycles. The topological polar surface area (TPSA) is 82.3 Å². The molecular weight excluding hydrogens is 282 g/mol. The normalized spacial score (nSPS) is 25.1. The number of carbonyl (C=O) groups is 1. The summed E-state index contributed by atoms with van der Waals surface area (Å²) >= 11 is 0. The lowest BCUT2D eigenvalue weighted by Crippen LogP contribution is -2.45. The molecule has 7 nitrogen and oxygen atoms in total. The second kappa shape index (κ2) is 6.28. The van der Waals surface area contributed by atoms with E-state index in [1.54, 1.807) is 6.20 Å². The minimum absolute atomic E-state index is 0.0180. The highest BCUT2D eigenvalue weighted by atomic mass is 16.5. The van der Waals surface area contributed by atoms with Gasteiger partial charge >= 0.3 is 0 Å². The number of carbonyl (C=O) groups excluding carboxylic acids is 1. The number of nitriles is 1. The van der Waals surface area contributed by atoms with E-state index in [1.165, 1.54) is 6.20 Å². The predicted molar refractivity (Wildman–Crippen MR) is 79.0 cm³/mol. The summed E-state index contributed by atoms with van der Waals surface area (Å²) in [7, 11) is 0. The average Bonchev–Trinajstić information content (AvgIpc) is 2.97. The lowest BCUT2D eigenvalue weighted by atomic mass is 9.96. The van der Waals surface area contributed by atoms with Crippen molar-refractivity contribution < 1.29 is 9.53 Å². The fourth-order valence-corrected chi connectivity index (χ4v) is 3.04. The van der Waals surface area contributed by atoms with Crippen molar-refractivity contribution in [2.45, 2.75) is 6.92 Å². The van der Waals surface area contributed by atoms with Gasteiger partial charge in [0.15, 0.2) is 5.69 Å². The van der Waals surface area contributed by atoms with Crippen molar-refractivity contribution in [1.29, 1.82) is 5.26 Å². The molecule has 2 atom stereocenters. The van der Waals surface area contributed by atoms with Gasteiger partial charge in [-0.3, -0.25) is 4.79 Å². The SMILES string of the molecule is C[C@@H]1CN(c2cnc(C#N)cn2)C[C@H]1C(=O)N1CCOCC1. The first-order valence-corrected chi connectivity index (χ1v) is 7.52.